The van der Waals surface area contributed by atoms with Crippen LogP contribution in [0.1, 0.15) is 25.0 Å². The van der Waals surface area contributed by atoms with E-state index in [0.717, 1.165) is 44.7 Å². The van der Waals surface area contributed by atoms with Crippen LogP contribution in [0.5, 0.6) is 0 Å². The van der Waals surface area contributed by atoms with E-state index in [0.29, 0.717) is 0 Å². The molecule has 0 N–H and O–H groups in total. The predicted molar refractivity (Wildman–Crippen MR) is 121 cm³/mol. The minimum absolute atomic E-state index is 0.944. The fraction of sp³-hybridized carbons (Fsp3) is 0.0769. The minimum Gasteiger partial charge on any atom is -0.252 e. The lowest BCUT2D eigenvalue weighted by Gasteiger charge is -2.09. The Morgan fingerprint density at radius 1 is 0.500 bits per heavy atom. The molecular weight excluding hydrogens is 340 g/mol. The first-order chi connectivity index (χ1) is 13.7. The summed E-state index contributed by atoms with van der Waals surface area (Å²) in [4.78, 5) is 9.89. The quantitative estimate of drug-likeness (QED) is 0.345. The fourth-order valence-electron chi connectivity index (χ4n) is 3.34. The summed E-state index contributed by atoms with van der Waals surface area (Å²) < 4.78 is 0. The Bertz CT molecular complexity index is 1070. The Labute approximate surface area is 165 Å². The van der Waals surface area contributed by atoms with Crippen LogP contribution in [0.25, 0.3) is 10.8 Å². The van der Waals surface area contributed by atoms with Crippen molar-refractivity contribution >= 4 is 33.6 Å². The molecule has 0 aliphatic carbocycles. The molecule has 0 spiro atoms. The third-order valence-electron chi connectivity index (χ3n) is 4.82. The maximum atomic E-state index is 4.95. The van der Waals surface area contributed by atoms with Crippen molar-refractivity contribution in [1.29, 1.82) is 0 Å². The second-order valence-electron chi connectivity index (χ2n) is 6.78. The van der Waals surface area contributed by atoms with Gasteiger partial charge in [0.05, 0.1) is 11.4 Å². The number of hydrogen-bond acceptors (Lipinski definition) is 2. The SMILES string of the molecule is C/C(=N/c1cccc2cccc(/N=C(/C)c3ccccc3)c12)c1ccccc1. The van der Waals surface area contributed by atoms with E-state index >= 15 is 0 Å². The van der Waals surface area contributed by atoms with E-state index in [1.54, 1.807) is 0 Å². The summed E-state index contributed by atoms with van der Waals surface area (Å²) in [6, 6.07) is 33.0. The van der Waals surface area contributed by atoms with Crippen LogP contribution < -0.4 is 0 Å². The van der Waals surface area contributed by atoms with Crippen molar-refractivity contribution in [2.45, 2.75) is 13.8 Å². The van der Waals surface area contributed by atoms with Crippen LogP contribution in [-0.4, -0.2) is 11.4 Å². The molecule has 0 saturated carbocycles. The van der Waals surface area contributed by atoms with Gasteiger partial charge in [-0.15, -0.1) is 0 Å². The third-order valence-corrected chi connectivity index (χ3v) is 4.82. The monoisotopic (exact) mass is 362 g/mol. The lowest BCUT2D eigenvalue weighted by molar-refractivity contribution is 1.47. The minimum atomic E-state index is 0.944. The maximum absolute atomic E-state index is 4.95. The Kier molecular flexibility index (Phi) is 5.11. The molecule has 28 heavy (non-hydrogen) atoms. The van der Waals surface area contributed by atoms with E-state index in [1.165, 1.54) is 0 Å². The van der Waals surface area contributed by atoms with E-state index < -0.39 is 0 Å². The number of benzene rings is 4. The molecule has 4 aromatic rings. The van der Waals surface area contributed by atoms with Crippen molar-refractivity contribution in [3.8, 4) is 0 Å². The van der Waals surface area contributed by atoms with Crippen molar-refractivity contribution < 1.29 is 0 Å². The molecule has 4 rings (SSSR count). The number of nitrogens with zero attached hydrogens (tertiary/aromatic N) is 2. The van der Waals surface area contributed by atoms with Crippen molar-refractivity contribution in [3.05, 3.63) is 108 Å². The normalized spacial score (nSPS) is 12.4. The first kappa shape index (κ1) is 17.9. The Balaban J connectivity index is 1.86. The van der Waals surface area contributed by atoms with Gasteiger partial charge in [0.1, 0.15) is 0 Å². The van der Waals surface area contributed by atoms with Crippen LogP contribution in [0, 0.1) is 0 Å². The summed E-state index contributed by atoms with van der Waals surface area (Å²) in [6.07, 6.45) is 0. The second-order valence-corrected chi connectivity index (χ2v) is 6.78. The highest BCUT2D eigenvalue weighted by Crippen LogP contribution is 2.35. The van der Waals surface area contributed by atoms with E-state index in [2.05, 4.69) is 74.5 Å². The molecule has 0 aliphatic heterocycles. The van der Waals surface area contributed by atoms with Crippen molar-refractivity contribution in [3.63, 3.8) is 0 Å². The molecular formula is C26H22N2. The van der Waals surface area contributed by atoms with Gasteiger partial charge in [-0.05, 0) is 42.5 Å². The largest absolute Gasteiger partial charge is 0.252 e. The molecule has 0 heterocycles. The van der Waals surface area contributed by atoms with E-state index in [-0.39, 0.29) is 0 Å². The summed E-state index contributed by atoms with van der Waals surface area (Å²) in [6.45, 7) is 4.10. The summed E-state index contributed by atoms with van der Waals surface area (Å²) in [5.74, 6) is 0. The predicted octanol–water partition coefficient (Wildman–Crippen LogP) is 7.12. The van der Waals surface area contributed by atoms with E-state index in [1.807, 2.05) is 36.4 Å². The molecule has 136 valence electrons. The van der Waals surface area contributed by atoms with Gasteiger partial charge in [0.25, 0.3) is 0 Å². The molecule has 2 nitrogen and oxygen atoms in total. The van der Waals surface area contributed by atoms with Gasteiger partial charge in [0.15, 0.2) is 0 Å². The van der Waals surface area contributed by atoms with Crippen LogP contribution in [0.3, 0.4) is 0 Å². The van der Waals surface area contributed by atoms with Gasteiger partial charge in [0.2, 0.25) is 0 Å². The zero-order valence-corrected chi connectivity index (χ0v) is 16.1. The van der Waals surface area contributed by atoms with Gasteiger partial charge in [-0.25, -0.2) is 0 Å². The molecule has 0 aromatic heterocycles. The topological polar surface area (TPSA) is 24.7 Å². The molecule has 0 fully saturated rings. The smallest absolute Gasteiger partial charge is 0.0733 e. The van der Waals surface area contributed by atoms with Gasteiger partial charge in [-0.3, -0.25) is 9.98 Å². The molecule has 0 aliphatic rings. The highest BCUT2D eigenvalue weighted by atomic mass is 14.8. The maximum Gasteiger partial charge on any atom is 0.0733 e. The van der Waals surface area contributed by atoms with Gasteiger partial charge >= 0.3 is 0 Å². The summed E-state index contributed by atoms with van der Waals surface area (Å²) in [5, 5.41) is 2.22. The molecule has 0 unspecified atom stereocenters. The molecule has 0 radical (unpaired) electrons. The molecule has 0 amide bonds. The Hall–Kier alpha value is -3.52. The number of rotatable bonds is 4. The van der Waals surface area contributed by atoms with Gasteiger partial charge in [-0.1, -0.05) is 84.9 Å². The highest BCUT2D eigenvalue weighted by molar-refractivity contribution is 6.08. The lowest BCUT2D eigenvalue weighted by atomic mass is 10.1. The van der Waals surface area contributed by atoms with Crippen LogP contribution in [0.4, 0.5) is 11.4 Å². The number of aliphatic imine (C=N–C) groups is 2. The van der Waals surface area contributed by atoms with Crippen LogP contribution in [-0.2, 0) is 0 Å². The van der Waals surface area contributed by atoms with Crippen LogP contribution in [0.2, 0.25) is 0 Å². The Morgan fingerprint density at radius 3 is 1.36 bits per heavy atom. The number of hydrogen-bond donors (Lipinski definition) is 0. The zero-order valence-electron chi connectivity index (χ0n) is 16.1. The fourth-order valence-corrected chi connectivity index (χ4v) is 3.34. The van der Waals surface area contributed by atoms with Gasteiger partial charge in [0, 0.05) is 16.8 Å². The third kappa shape index (κ3) is 3.77. The van der Waals surface area contributed by atoms with Gasteiger partial charge in [-0.2, -0.15) is 0 Å². The summed E-state index contributed by atoms with van der Waals surface area (Å²) in [7, 11) is 0. The standard InChI is InChI=1S/C26H22N2/c1-19(21-11-5-3-6-12-21)27-24-17-9-15-23-16-10-18-25(26(23)24)28-20(2)22-13-7-4-8-14-22/h3-18H,1-2H3/b27-19-,28-20-. The molecule has 0 atom stereocenters. The molecule has 0 saturated heterocycles. The first-order valence-electron chi connectivity index (χ1n) is 9.45. The van der Waals surface area contributed by atoms with Crippen molar-refractivity contribution in [1.82, 2.24) is 0 Å². The average Bonchev–Trinajstić information content (AvgIpc) is 2.75. The first-order valence-corrected chi connectivity index (χ1v) is 9.45. The average molecular weight is 362 g/mol. The van der Waals surface area contributed by atoms with Crippen molar-refractivity contribution in [2.75, 3.05) is 0 Å². The Morgan fingerprint density at radius 2 is 0.929 bits per heavy atom. The van der Waals surface area contributed by atoms with Gasteiger partial charge < -0.3 is 0 Å². The zero-order chi connectivity index (χ0) is 19.3. The summed E-state index contributed by atoms with van der Waals surface area (Å²) in [5.41, 5.74) is 6.12. The van der Waals surface area contributed by atoms with Crippen LogP contribution >= 0.6 is 0 Å². The molecule has 2 heteroatoms. The highest BCUT2D eigenvalue weighted by Gasteiger charge is 2.07. The summed E-state index contributed by atoms with van der Waals surface area (Å²) >= 11 is 0. The number of fused-ring (bicyclic) bond motifs is 1. The van der Waals surface area contributed by atoms with E-state index in [9.17, 15) is 0 Å². The van der Waals surface area contributed by atoms with Crippen molar-refractivity contribution in [2.24, 2.45) is 9.98 Å². The molecule has 0 bridgehead atoms. The second kappa shape index (κ2) is 8.01. The van der Waals surface area contributed by atoms with E-state index in [4.69, 9.17) is 9.98 Å². The lowest BCUT2D eigenvalue weighted by Crippen LogP contribution is -1.94. The van der Waals surface area contributed by atoms with Crippen LogP contribution in [0.15, 0.2) is 107 Å². The molecule has 4 aromatic carbocycles.